The Morgan fingerprint density at radius 1 is 1.50 bits per heavy atom. The maximum absolute atomic E-state index is 11.2. The van der Waals surface area contributed by atoms with Crippen molar-refractivity contribution in [2.75, 3.05) is 13.2 Å². The second-order valence-electron chi connectivity index (χ2n) is 3.21. The summed E-state index contributed by atoms with van der Waals surface area (Å²) < 4.78 is 0. The number of rotatable bonds is 8. The highest BCUT2D eigenvalue weighted by atomic mass is 16.2. The van der Waals surface area contributed by atoms with Gasteiger partial charge in [-0.1, -0.05) is 6.08 Å². The summed E-state index contributed by atoms with van der Waals surface area (Å²) in [5.74, 6) is -0.131. The van der Waals surface area contributed by atoms with Gasteiger partial charge in [-0.25, -0.2) is 0 Å². The highest BCUT2D eigenvalue weighted by Crippen LogP contribution is 1.93. The summed E-state index contributed by atoms with van der Waals surface area (Å²) >= 11 is 0. The Hall–Kier alpha value is -0.870. The minimum atomic E-state index is -0.481. The first-order valence-corrected chi connectivity index (χ1v) is 4.97. The molecule has 0 aromatic carbocycles. The average Bonchev–Trinajstić information content (AvgIpc) is 2.17. The summed E-state index contributed by atoms with van der Waals surface area (Å²) in [5, 5.41) is 11.2. The molecule has 4 heteroatoms. The zero-order chi connectivity index (χ0) is 10.8. The van der Waals surface area contributed by atoms with Crippen LogP contribution in [0.25, 0.3) is 0 Å². The Bertz CT molecular complexity index is 172. The summed E-state index contributed by atoms with van der Waals surface area (Å²) in [6.45, 7) is 4.36. The van der Waals surface area contributed by atoms with E-state index in [4.69, 9.17) is 10.8 Å². The van der Waals surface area contributed by atoms with E-state index in [0.717, 1.165) is 19.3 Å². The Morgan fingerprint density at radius 2 is 2.21 bits per heavy atom. The lowest BCUT2D eigenvalue weighted by atomic mass is 10.2. The standard InChI is InChI=1S/C10H20N2O2/c1-2-6-9(11)10(14)12-7-4-3-5-8-13/h2,9,13H,1,3-8,11H2,(H,12,14). The van der Waals surface area contributed by atoms with Crippen LogP contribution in [0.4, 0.5) is 0 Å². The number of aliphatic hydroxyl groups excluding tert-OH is 1. The van der Waals surface area contributed by atoms with Crippen LogP contribution < -0.4 is 11.1 Å². The molecule has 1 amide bonds. The fourth-order valence-electron chi connectivity index (χ4n) is 1.04. The normalized spacial score (nSPS) is 12.1. The lowest BCUT2D eigenvalue weighted by molar-refractivity contribution is -0.122. The summed E-state index contributed by atoms with van der Waals surface area (Å²) in [5.41, 5.74) is 5.55. The zero-order valence-corrected chi connectivity index (χ0v) is 8.54. The first kappa shape index (κ1) is 13.1. The number of nitrogens with two attached hydrogens (primary N) is 1. The van der Waals surface area contributed by atoms with Crippen molar-refractivity contribution >= 4 is 5.91 Å². The summed E-state index contributed by atoms with van der Waals surface area (Å²) in [7, 11) is 0. The van der Waals surface area contributed by atoms with Gasteiger partial charge in [-0.05, 0) is 25.7 Å². The predicted molar refractivity (Wildman–Crippen MR) is 56.7 cm³/mol. The predicted octanol–water partition coefficient (Wildman–Crippen LogP) is 0.169. The summed E-state index contributed by atoms with van der Waals surface area (Å²) in [4.78, 5) is 11.2. The molecule has 0 aromatic rings. The minimum Gasteiger partial charge on any atom is -0.396 e. The Morgan fingerprint density at radius 3 is 2.79 bits per heavy atom. The molecule has 0 rings (SSSR count). The van der Waals surface area contributed by atoms with Gasteiger partial charge in [-0.2, -0.15) is 0 Å². The molecule has 0 spiro atoms. The van der Waals surface area contributed by atoms with Gasteiger partial charge < -0.3 is 16.2 Å². The number of hydrogen-bond acceptors (Lipinski definition) is 3. The van der Waals surface area contributed by atoms with E-state index in [9.17, 15) is 4.79 Å². The zero-order valence-electron chi connectivity index (χ0n) is 8.54. The van der Waals surface area contributed by atoms with E-state index >= 15 is 0 Å². The largest absolute Gasteiger partial charge is 0.396 e. The molecule has 4 nitrogen and oxygen atoms in total. The number of aliphatic hydroxyl groups is 1. The van der Waals surface area contributed by atoms with E-state index in [2.05, 4.69) is 11.9 Å². The maximum atomic E-state index is 11.2. The average molecular weight is 200 g/mol. The van der Waals surface area contributed by atoms with Crippen LogP contribution in [-0.4, -0.2) is 30.2 Å². The van der Waals surface area contributed by atoms with Gasteiger partial charge in [0.05, 0.1) is 6.04 Å². The van der Waals surface area contributed by atoms with Crippen molar-refractivity contribution in [3.63, 3.8) is 0 Å². The van der Waals surface area contributed by atoms with Crippen LogP contribution in [-0.2, 0) is 4.79 Å². The van der Waals surface area contributed by atoms with Crippen molar-refractivity contribution in [3.8, 4) is 0 Å². The van der Waals surface area contributed by atoms with Crippen LogP contribution in [0.2, 0.25) is 0 Å². The highest BCUT2D eigenvalue weighted by molar-refractivity contribution is 5.81. The quantitative estimate of drug-likeness (QED) is 0.386. The van der Waals surface area contributed by atoms with E-state index < -0.39 is 6.04 Å². The van der Waals surface area contributed by atoms with E-state index in [1.165, 1.54) is 0 Å². The number of unbranched alkanes of at least 4 members (excludes halogenated alkanes) is 2. The van der Waals surface area contributed by atoms with Crippen molar-refractivity contribution in [1.29, 1.82) is 0 Å². The molecule has 0 saturated heterocycles. The number of nitrogens with one attached hydrogen (secondary N) is 1. The number of carbonyl (C=O) groups is 1. The molecule has 1 atom stereocenters. The maximum Gasteiger partial charge on any atom is 0.237 e. The molecule has 0 saturated carbocycles. The molecule has 0 aliphatic carbocycles. The highest BCUT2D eigenvalue weighted by Gasteiger charge is 2.09. The second-order valence-corrected chi connectivity index (χ2v) is 3.21. The van der Waals surface area contributed by atoms with E-state index in [1.807, 2.05) is 0 Å². The van der Waals surface area contributed by atoms with Gasteiger partial charge in [0.2, 0.25) is 5.91 Å². The lowest BCUT2D eigenvalue weighted by Crippen LogP contribution is -2.40. The molecule has 0 aliphatic heterocycles. The number of amides is 1. The third-order valence-electron chi connectivity index (χ3n) is 1.89. The molecule has 0 radical (unpaired) electrons. The fraction of sp³-hybridized carbons (Fsp3) is 0.700. The van der Waals surface area contributed by atoms with Gasteiger partial charge in [0, 0.05) is 13.2 Å². The van der Waals surface area contributed by atoms with Crippen molar-refractivity contribution in [3.05, 3.63) is 12.7 Å². The van der Waals surface area contributed by atoms with Crippen LogP contribution >= 0.6 is 0 Å². The van der Waals surface area contributed by atoms with Crippen LogP contribution in [0.3, 0.4) is 0 Å². The second kappa shape index (κ2) is 8.72. The molecular weight excluding hydrogens is 180 g/mol. The molecule has 0 bridgehead atoms. The van der Waals surface area contributed by atoms with Crippen LogP contribution in [0.5, 0.6) is 0 Å². The fourth-order valence-corrected chi connectivity index (χ4v) is 1.04. The number of carbonyl (C=O) groups excluding carboxylic acids is 1. The van der Waals surface area contributed by atoms with E-state index in [1.54, 1.807) is 6.08 Å². The molecule has 0 fully saturated rings. The summed E-state index contributed by atoms with van der Waals surface area (Å²) in [6.07, 6.45) is 4.73. The molecule has 0 aliphatic rings. The Labute approximate surface area is 85.2 Å². The molecule has 4 N–H and O–H groups in total. The van der Waals surface area contributed by atoms with E-state index in [0.29, 0.717) is 13.0 Å². The van der Waals surface area contributed by atoms with Crippen LogP contribution in [0.15, 0.2) is 12.7 Å². The lowest BCUT2D eigenvalue weighted by Gasteiger charge is -2.09. The van der Waals surface area contributed by atoms with Crippen LogP contribution in [0.1, 0.15) is 25.7 Å². The molecule has 1 unspecified atom stereocenters. The third-order valence-corrected chi connectivity index (χ3v) is 1.89. The summed E-state index contributed by atoms with van der Waals surface area (Å²) in [6, 6.07) is -0.481. The van der Waals surface area contributed by atoms with Crippen molar-refractivity contribution < 1.29 is 9.90 Å². The molecule has 14 heavy (non-hydrogen) atoms. The molecular formula is C10H20N2O2. The van der Waals surface area contributed by atoms with Gasteiger partial charge in [-0.3, -0.25) is 4.79 Å². The van der Waals surface area contributed by atoms with Crippen molar-refractivity contribution in [2.24, 2.45) is 5.73 Å². The van der Waals surface area contributed by atoms with E-state index in [-0.39, 0.29) is 12.5 Å². The topological polar surface area (TPSA) is 75.4 Å². The van der Waals surface area contributed by atoms with Crippen LogP contribution in [0, 0.1) is 0 Å². The SMILES string of the molecule is C=CCC(N)C(=O)NCCCCCO. The molecule has 82 valence electrons. The molecule has 0 heterocycles. The Balaban J connectivity index is 3.38. The number of hydrogen-bond donors (Lipinski definition) is 3. The Kier molecular flexibility index (Phi) is 8.17. The van der Waals surface area contributed by atoms with Crippen molar-refractivity contribution in [1.82, 2.24) is 5.32 Å². The molecule has 0 aromatic heterocycles. The third kappa shape index (κ3) is 6.62. The first-order valence-electron chi connectivity index (χ1n) is 4.97. The first-order chi connectivity index (χ1) is 6.72. The van der Waals surface area contributed by atoms with Gasteiger partial charge in [0.15, 0.2) is 0 Å². The van der Waals surface area contributed by atoms with Gasteiger partial charge >= 0.3 is 0 Å². The van der Waals surface area contributed by atoms with Gasteiger partial charge in [0.25, 0.3) is 0 Å². The smallest absolute Gasteiger partial charge is 0.237 e. The van der Waals surface area contributed by atoms with Crippen molar-refractivity contribution in [2.45, 2.75) is 31.7 Å². The minimum absolute atomic E-state index is 0.131. The van der Waals surface area contributed by atoms with Gasteiger partial charge in [0.1, 0.15) is 0 Å². The monoisotopic (exact) mass is 200 g/mol. The van der Waals surface area contributed by atoms with Gasteiger partial charge in [-0.15, -0.1) is 6.58 Å².